The maximum absolute atomic E-state index is 9.38. The van der Waals surface area contributed by atoms with Gasteiger partial charge >= 0.3 is 0 Å². The van der Waals surface area contributed by atoms with Crippen LogP contribution in [-0.4, -0.2) is 5.11 Å². The Kier molecular flexibility index (Phi) is 11.1. The van der Waals surface area contributed by atoms with E-state index in [1.807, 2.05) is 18.2 Å². The number of hydrogen-bond acceptors (Lipinski definition) is 1. The van der Waals surface area contributed by atoms with Crippen LogP contribution in [0.5, 0.6) is 5.75 Å². The number of hydrogen-bond donors (Lipinski definition) is 1. The summed E-state index contributed by atoms with van der Waals surface area (Å²) in [4.78, 5) is 0. The number of phenolic OH excluding ortho intramolecular Hbond substituents is 1. The Morgan fingerprint density at radius 1 is 0.818 bits per heavy atom. The van der Waals surface area contributed by atoms with E-state index in [1.165, 1.54) is 64.2 Å². The van der Waals surface area contributed by atoms with Crippen LogP contribution in [0.3, 0.4) is 0 Å². The highest BCUT2D eigenvalue weighted by Crippen LogP contribution is 2.14. The molecule has 0 spiro atoms. The monoisotopic (exact) mass is 300 g/mol. The molecule has 0 saturated carbocycles. The molecule has 1 rings (SSSR count). The molecule has 0 bridgehead atoms. The van der Waals surface area contributed by atoms with Crippen molar-refractivity contribution in [1.29, 1.82) is 0 Å². The Morgan fingerprint density at radius 2 is 1.41 bits per heavy atom. The van der Waals surface area contributed by atoms with Gasteiger partial charge in [0.2, 0.25) is 0 Å². The molecule has 1 aromatic carbocycles. The van der Waals surface area contributed by atoms with Crippen LogP contribution >= 0.6 is 0 Å². The SMILES string of the molecule is C=CCCCCCCCCCCC/C=C/c1cccc(O)c1. The molecule has 0 fully saturated rings. The quantitative estimate of drug-likeness (QED) is 0.311. The predicted molar refractivity (Wildman–Crippen MR) is 98.1 cm³/mol. The van der Waals surface area contributed by atoms with Crippen molar-refractivity contribution in [3.63, 3.8) is 0 Å². The summed E-state index contributed by atoms with van der Waals surface area (Å²) in [6, 6.07) is 7.40. The van der Waals surface area contributed by atoms with Crippen molar-refractivity contribution in [2.75, 3.05) is 0 Å². The van der Waals surface area contributed by atoms with Gasteiger partial charge in [-0.3, -0.25) is 0 Å². The lowest BCUT2D eigenvalue weighted by molar-refractivity contribution is 0.475. The van der Waals surface area contributed by atoms with Crippen LogP contribution in [0.4, 0.5) is 0 Å². The first kappa shape index (κ1) is 18.5. The lowest BCUT2D eigenvalue weighted by Gasteiger charge is -2.01. The average molecular weight is 300 g/mol. The molecular formula is C21H32O. The lowest BCUT2D eigenvalue weighted by Crippen LogP contribution is -1.81. The van der Waals surface area contributed by atoms with E-state index in [0.29, 0.717) is 5.75 Å². The molecule has 0 aliphatic carbocycles. The van der Waals surface area contributed by atoms with Crippen molar-refractivity contribution in [2.24, 2.45) is 0 Å². The Hall–Kier alpha value is -1.50. The number of unbranched alkanes of at least 4 members (excludes halogenated alkanes) is 10. The van der Waals surface area contributed by atoms with E-state index in [9.17, 15) is 5.11 Å². The third kappa shape index (κ3) is 10.3. The number of allylic oxidation sites excluding steroid dienone is 2. The maximum atomic E-state index is 9.38. The van der Waals surface area contributed by atoms with E-state index in [2.05, 4.69) is 18.7 Å². The third-order valence-electron chi connectivity index (χ3n) is 3.96. The molecule has 0 unspecified atom stereocenters. The van der Waals surface area contributed by atoms with Gasteiger partial charge in [0.15, 0.2) is 0 Å². The molecular weight excluding hydrogens is 268 g/mol. The fourth-order valence-electron chi connectivity index (χ4n) is 2.64. The summed E-state index contributed by atoms with van der Waals surface area (Å²) in [7, 11) is 0. The van der Waals surface area contributed by atoms with Crippen LogP contribution in [0.25, 0.3) is 6.08 Å². The summed E-state index contributed by atoms with van der Waals surface area (Å²) >= 11 is 0. The molecule has 122 valence electrons. The second-order valence-corrected chi connectivity index (χ2v) is 6.05. The van der Waals surface area contributed by atoms with Crippen molar-refractivity contribution in [2.45, 2.75) is 70.6 Å². The maximum Gasteiger partial charge on any atom is 0.116 e. The molecule has 0 heterocycles. The van der Waals surface area contributed by atoms with Crippen LogP contribution < -0.4 is 0 Å². The van der Waals surface area contributed by atoms with Gasteiger partial charge in [-0.05, 0) is 43.4 Å². The zero-order valence-corrected chi connectivity index (χ0v) is 14.0. The van der Waals surface area contributed by atoms with Gasteiger partial charge < -0.3 is 5.11 Å². The number of rotatable bonds is 13. The highest BCUT2D eigenvalue weighted by Gasteiger charge is 1.92. The predicted octanol–water partition coefficient (Wildman–Crippen LogP) is 6.88. The fraction of sp³-hybridized carbons (Fsp3) is 0.524. The van der Waals surface area contributed by atoms with E-state index in [4.69, 9.17) is 0 Å². The van der Waals surface area contributed by atoms with Crippen LogP contribution in [0.2, 0.25) is 0 Å². The minimum atomic E-state index is 0.339. The normalized spacial score (nSPS) is 11.1. The van der Waals surface area contributed by atoms with E-state index < -0.39 is 0 Å². The summed E-state index contributed by atoms with van der Waals surface area (Å²) in [5.41, 5.74) is 1.08. The summed E-state index contributed by atoms with van der Waals surface area (Å²) in [5, 5.41) is 9.38. The van der Waals surface area contributed by atoms with Gasteiger partial charge in [0, 0.05) is 0 Å². The van der Waals surface area contributed by atoms with Gasteiger partial charge in [-0.25, -0.2) is 0 Å². The van der Waals surface area contributed by atoms with Crippen molar-refractivity contribution in [3.05, 3.63) is 48.6 Å². The molecule has 1 heteroatoms. The average Bonchev–Trinajstić information content (AvgIpc) is 2.52. The molecule has 0 saturated heterocycles. The lowest BCUT2D eigenvalue weighted by atomic mass is 10.1. The van der Waals surface area contributed by atoms with Gasteiger partial charge in [-0.2, -0.15) is 0 Å². The van der Waals surface area contributed by atoms with Crippen LogP contribution in [0.15, 0.2) is 43.0 Å². The Bertz CT molecular complexity index is 420. The first-order valence-corrected chi connectivity index (χ1v) is 8.89. The number of phenols is 1. The van der Waals surface area contributed by atoms with E-state index in [-0.39, 0.29) is 0 Å². The minimum Gasteiger partial charge on any atom is -0.508 e. The van der Waals surface area contributed by atoms with Crippen molar-refractivity contribution in [3.8, 4) is 5.75 Å². The minimum absolute atomic E-state index is 0.339. The standard InChI is InChI=1S/C21H32O/c1-2-3-4-5-6-7-8-9-10-11-12-13-14-16-20-17-15-18-21(22)19-20/h2,14-19,22H,1,3-13H2/b16-14+. The van der Waals surface area contributed by atoms with Gasteiger partial charge in [-0.1, -0.05) is 75.3 Å². The smallest absolute Gasteiger partial charge is 0.116 e. The molecule has 0 aliphatic heterocycles. The Labute approximate surface area is 136 Å². The highest BCUT2D eigenvalue weighted by molar-refractivity contribution is 5.51. The Balaban J connectivity index is 1.88. The first-order chi connectivity index (χ1) is 10.8. The van der Waals surface area contributed by atoms with Crippen LogP contribution in [-0.2, 0) is 0 Å². The third-order valence-corrected chi connectivity index (χ3v) is 3.96. The van der Waals surface area contributed by atoms with Crippen LogP contribution in [0, 0.1) is 0 Å². The molecule has 0 amide bonds. The Morgan fingerprint density at radius 3 is 2.00 bits per heavy atom. The molecule has 22 heavy (non-hydrogen) atoms. The summed E-state index contributed by atoms with van der Waals surface area (Å²) in [6.45, 7) is 3.75. The van der Waals surface area contributed by atoms with E-state index in [0.717, 1.165) is 12.0 Å². The van der Waals surface area contributed by atoms with Crippen LogP contribution in [0.1, 0.15) is 76.2 Å². The molecule has 1 nitrogen and oxygen atoms in total. The summed E-state index contributed by atoms with van der Waals surface area (Å²) < 4.78 is 0. The van der Waals surface area contributed by atoms with Gasteiger partial charge in [0.05, 0.1) is 0 Å². The molecule has 1 N–H and O–H groups in total. The first-order valence-electron chi connectivity index (χ1n) is 8.89. The summed E-state index contributed by atoms with van der Waals surface area (Å²) in [6.07, 6.45) is 20.9. The van der Waals surface area contributed by atoms with Crippen molar-refractivity contribution < 1.29 is 5.11 Å². The largest absolute Gasteiger partial charge is 0.508 e. The van der Waals surface area contributed by atoms with E-state index >= 15 is 0 Å². The van der Waals surface area contributed by atoms with Crippen molar-refractivity contribution >= 4 is 6.08 Å². The number of benzene rings is 1. The summed E-state index contributed by atoms with van der Waals surface area (Å²) in [5.74, 6) is 0.339. The molecule has 0 radical (unpaired) electrons. The fourth-order valence-corrected chi connectivity index (χ4v) is 2.64. The zero-order valence-electron chi connectivity index (χ0n) is 14.0. The number of aromatic hydroxyl groups is 1. The highest BCUT2D eigenvalue weighted by atomic mass is 16.3. The molecule has 0 aromatic heterocycles. The van der Waals surface area contributed by atoms with Gasteiger partial charge in [-0.15, -0.1) is 6.58 Å². The van der Waals surface area contributed by atoms with Gasteiger partial charge in [0.25, 0.3) is 0 Å². The van der Waals surface area contributed by atoms with Gasteiger partial charge in [0.1, 0.15) is 5.75 Å². The molecule has 0 aliphatic rings. The second kappa shape index (κ2) is 13.2. The van der Waals surface area contributed by atoms with Crippen molar-refractivity contribution in [1.82, 2.24) is 0 Å². The van der Waals surface area contributed by atoms with E-state index in [1.54, 1.807) is 12.1 Å². The molecule has 0 atom stereocenters. The molecule has 1 aromatic rings. The zero-order chi connectivity index (χ0) is 15.9. The topological polar surface area (TPSA) is 20.2 Å². The second-order valence-electron chi connectivity index (χ2n) is 6.05.